The maximum absolute atomic E-state index is 13.5. The summed E-state index contributed by atoms with van der Waals surface area (Å²) in [4.78, 5) is 8.43. The topological polar surface area (TPSA) is 56.3 Å². The van der Waals surface area contributed by atoms with E-state index < -0.39 is 0 Å². The van der Waals surface area contributed by atoms with Crippen LogP contribution in [-0.2, 0) is 11.3 Å². The quantitative estimate of drug-likeness (QED) is 0.795. The Bertz CT molecular complexity index is 593. The van der Waals surface area contributed by atoms with Crippen molar-refractivity contribution < 1.29 is 13.9 Å². The molecule has 0 fully saturated rings. The molecule has 2 rings (SSSR count). The standard InChI is InChI=1S/C15H18FN3O2/c1-11-18-14(9-15(19-11)21-8-7-20-2)17-10-12-5-3-4-6-13(12)16/h3-6,9H,7-8,10H2,1-2H3,(H,17,18,19). The molecule has 6 heteroatoms. The minimum Gasteiger partial charge on any atom is -0.475 e. The second-order valence-electron chi connectivity index (χ2n) is 4.42. The molecule has 5 nitrogen and oxygen atoms in total. The van der Waals surface area contributed by atoms with Crippen LogP contribution in [0.4, 0.5) is 10.2 Å². The number of ether oxygens (including phenoxy) is 2. The first-order valence-electron chi connectivity index (χ1n) is 6.63. The maximum Gasteiger partial charge on any atom is 0.218 e. The van der Waals surface area contributed by atoms with Crippen molar-refractivity contribution in [1.82, 2.24) is 9.97 Å². The van der Waals surface area contributed by atoms with Gasteiger partial charge in [-0.3, -0.25) is 0 Å². The summed E-state index contributed by atoms with van der Waals surface area (Å²) in [5, 5.41) is 3.07. The van der Waals surface area contributed by atoms with Gasteiger partial charge >= 0.3 is 0 Å². The third kappa shape index (κ3) is 4.68. The van der Waals surface area contributed by atoms with E-state index in [9.17, 15) is 4.39 Å². The highest BCUT2D eigenvalue weighted by molar-refractivity contribution is 5.39. The van der Waals surface area contributed by atoms with E-state index in [1.165, 1.54) is 6.07 Å². The molecule has 1 aromatic heterocycles. The number of aromatic nitrogens is 2. The lowest BCUT2D eigenvalue weighted by molar-refractivity contribution is 0.143. The molecule has 0 amide bonds. The molecule has 0 radical (unpaired) electrons. The molecule has 0 spiro atoms. The van der Waals surface area contributed by atoms with Gasteiger partial charge < -0.3 is 14.8 Å². The van der Waals surface area contributed by atoms with Crippen molar-refractivity contribution >= 4 is 5.82 Å². The van der Waals surface area contributed by atoms with E-state index in [4.69, 9.17) is 9.47 Å². The van der Waals surface area contributed by atoms with Crippen molar-refractivity contribution in [3.8, 4) is 5.88 Å². The smallest absolute Gasteiger partial charge is 0.218 e. The van der Waals surface area contributed by atoms with Crippen molar-refractivity contribution in [3.05, 3.63) is 47.5 Å². The third-order valence-electron chi connectivity index (χ3n) is 2.77. The number of nitrogens with one attached hydrogen (secondary N) is 1. The third-order valence-corrected chi connectivity index (χ3v) is 2.77. The summed E-state index contributed by atoms with van der Waals surface area (Å²) in [6, 6.07) is 8.30. The largest absolute Gasteiger partial charge is 0.475 e. The van der Waals surface area contributed by atoms with Gasteiger partial charge in [-0.15, -0.1) is 0 Å². The van der Waals surface area contributed by atoms with Crippen LogP contribution in [0.2, 0.25) is 0 Å². The summed E-state index contributed by atoms with van der Waals surface area (Å²) in [6.45, 7) is 3.03. The predicted octanol–water partition coefficient (Wildman–Crippen LogP) is 2.56. The molecule has 0 unspecified atom stereocenters. The molecule has 1 N–H and O–H groups in total. The van der Waals surface area contributed by atoms with Crippen molar-refractivity contribution in [2.45, 2.75) is 13.5 Å². The zero-order chi connectivity index (χ0) is 15.1. The molecule has 1 heterocycles. The number of rotatable bonds is 7. The Labute approximate surface area is 123 Å². The average molecular weight is 291 g/mol. The number of methoxy groups -OCH3 is 1. The van der Waals surface area contributed by atoms with Gasteiger partial charge in [-0.05, 0) is 13.0 Å². The van der Waals surface area contributed by atoms with E-state index >= 15 is 0 Å². The van der Waals surface area contributed by atoms with Gasteiger partial charge in [-0.25, -0.2) is 9.37 Å². The summed E-state index contributed by atoms with van der Waals surface area (Å²) >= 11 is 0. The summed E-state index contributed by atoms with van der Waals surface area (Å²) in [5.41, 5.74) is 0.579. The van der Waals surface area contributed by atoms with E-state index in [1.54, 1.807) is 38.3 Å². The molecule has 0 saturated heterocycles. The van der Waals surface area contributed by atoms with Crippen LogP contribution in [-0.4, -0.2) is 30.3 Å². The normalized spacial score (nSPS) is 10.4. The molecule has 112 valence electrons. The van der Waals surface area contributed by atoms with Crippen LogP contribution in [0.5, 0.6) is 5.88 Å². The zero-order valence-corrected chi connectivity index (χ0v) is 12.1. The first-order chi connectivity index (χ1) is 10.2. The molecule has 0 aliphatic heterocycles. The van der Waals surface area contributed by atoms with Gasteiger partial charge in [0.25, 0.3) is 0 Å². The highest BCUT2D eigenvalue weighted by Gasteiger charge is 2.05. The van der Waals surface area contributed by atoms with E-state index in [2.05, 4.69) is 15.3 Å². The van der Waals surface area contributed by atoms with Crippen molar-refractivity contribution in [1.29, 1.82) is 0 Å². The molecule has 0 bridgehead atoms. The highest BCUT2D eigenvalue weighted by Crippen LogP contribution is 2.15. The number of hydrogen-bond acceptors (Lipinski definition) is 5. The average Bonchev–Trinajstić information content (AvgIpc) is 2.46. The Hall–Kier alpha value is -2.21. The Morgan fingerprint density at radius 3 is 2.76 bits per heavy atom. The lowest BCUT2D eigenvalue weighted by Crippen LogP contribution is -2.08. The highest BCUT2D eigenvalue weighted by atomic mass is 19.1. The molecule has 0 saturated carbocycles. The predicted molar refractivity (Wildman–Crippen MR) is 77.9 cm³/mol. The molecule has 0 aliphatic rings. The summed E-state index contributed by atoms with van der Waals surface area (Å²) < 4.78 is 23.9. The van der Waals surface area contributed by atoms with E-state index in [-0.39, 0.29) is 5.82 Å². The zero-order valence-electron chi connectivity index (χ0n) is 12.1. The molecule has 1 aromatic carbocycles. The number of halogens is 1. The van der Waals surface area contributed by atoms with Crippen LogP contribution in [0.3, 0.4) is 0 Å². The van der Waals surface area contributed by atoms with Gasteiger partial charge in [-0.2, -0.15) is 4.98 Å². The van der Waals surface area contributed by atoms with Crippen molar-refractivity contribution in [2.75, 3.05) is 25.6 Å². The van der Waals surface area contributed by atoms with Crippen LogP contribution in [0.25, 0.3) is 0 Å². The number of aryl methyl sites for hydroxylation is 1. The fourth-order valence-corrected chi connectivity index (χ4v) is 1.76. The van der Waals surface area contributed by atoms with Gasteiger partial charge in [0, 0.05) is 25.3 Å². The number of benzene rings is 1. The maximum atomic E-state index is 13.5. The lowest BCUT2D eigenvalue weighted by Gasteiger charge is -2.10. The SMILES string of the molecule is COCCOc1cc(NCc2ccccc2F)nc(C)n1. The number of nitrogens with zero attached hydrogens (tertiary/aromatic N) is 2. The van der Waals surface area contributed by atoms with Gasteiger partial charge in [0.2, 0.25) is 5.88 Å². The van der Waals surface area contributed by atoms with Crippen LogP contribution < -0.4 is 10.1 Å². The molecular formula is C15H18FN3O2. The lowest BCUT2D eigenvalue weighted by atomic mass is 10.2. The van der Waals surface area contributed by atoms with Crippen molar-refractivity contribution in [2.24, 2.45) is 0 Å². The van der Waals surface area contributed by atoms with Crippen LogP contribution >= 0.6 is 0 Å². The number of hydrogen-bond donors (Lipinski definition) is 1. The second-order valence-corrected chi connectivity index (χ2v) is 4.42. The fourth-order valence-electron chi connectivity index (χ4n) is 1.76. The van der Waals surface area contributed by atoms with Gasteiger partial charge in [0.05, 0.1) is 6.61 Å². The monoisotopic (exact) mass is 291 g/mol. The minimum absolute atomic E-state index is 0.243. The molecule has 0 atom stereocenters. The molecule has 21 heavy (non-hydrogen) atoms. The van der Waals surface area contributed by atoms with Gasteiger partial charge in [-0.1, -0.05) is 18.2 Å². The summed E-state index contributed by atoms with van der Waals surface area (Å²) in [5.74, 6) is 1.40. The fraction of sp³-hybridized carbons (Fsp3) is 0.333. The summed E-state index contributed by atoms with van der Waals surface area (Å²) in [7, 11) is 1.61. The van der Waals surface area contributed by atoms with E-state index in [0.717, 1.165) is 0 Å². The minimum atomic E-state index is -0.243. The van der Waals surface area contributed by atoms with Crippen LogP contribution in [0.15, 0.2) is 30.3 Å². The first-order valence-corrected chi connectivity index (χ1v) is 6.63. The first kappa shape index (κ1) is 15.2. The van der Waals surface area contributed by atoms with E-state index in [1.807, 2.05) is 0 Å². The van der Waals surface area contributed by atoms with Crippen LogP contribution in [0, 0.1) is 12.7 Å². The van der Waals surface area contributed by atoms with Crippen LogP contribution in [0.1, 0.15) is 11.4 Å². The summed E-state index contributed by atoms with van der Waals surface area (Å²) in [6.07, 6.45) is 0. The Kier molecular flexibility index (Phi) is 5.45. The van der Waals surface area contributed by atoms with Crippen molar-refractivity contribution in [3.63, 3.8) is 0 Å². The number of anilines is 1. The van der Waals surface area contributed by atoms with E-state index in [0.29, 0.717) is 42.8 Å². The second kappa shape index (κ2) is 7.54. The van der Waals surface area contributed by atoms with Gasteiger partial charge in [0.15, 0.2) is 0 Å². The van der Waals surface area contributed by atoms with Gasteiger partial charge in [0.1, 0.15) is 24.1 Å². The molecular weight excluding hydrogens is 273 g/mol. The molecule has 2 aromatic rings. The Morgan fingerprint density at radius 1 is 1.19 bits per heavy atom. The molecule has 0 aliphatic carbocycles. The Morgan fingerprint density at radius 2 is 2.00 bits per heavy atom. The Balaban J connectivity index is 2.01.